The molecule has 0 aromatic heterocycles. The van der Waals surface area contributed by atoms with Gasteiger partial charge in [0.25, 0.3) is 0 Å². The molecule has 0 aliphatic heterocycles. The highest BCUT2D eigenvalue weighted by Gasteiger charge is 2.15. The van der Waals surface area contributed by atoms with Crippen LogP contribution in [0, 0.1) is 0 Å². The summed E-state index contributed by atoms with van der Waals surface area (Å²) in [4.78, 5) is 20.6. The molecule has 0 fully saturated rings. The average molecular weight is 218 g/mol. The molecule has 15 heavy (non-hydrogen) atoms. The second-order valence-corrected chi connectivity index (χ2v) is 4.38. The molecular weight excluding hydrogens is 198 g/mol. The fourth-order valence-corrected chi connectivity index (χ4v) is 1.43. The molecule has 5 heteroatoms. The highest BCUT2D eigenvalue weighted by atomic mass is 16.4. The number of hydrogen-bond donors (Lipinski definition) is 2. The summed E-state index contributed by atoms with van der Waals surface area (Å²) >= 11 is 0. The molecule has 0 aromatic carbocycles. The predicted molar refractivity (Wildman–Crippen MR) is 55.6 cm³/mol. The standard InChI is InChI=1S/C10H19NO4/c1-11(2,7-3-5-9(12)13)8-4-6-10(14)15/h3-8H2,1-2H3,(H-,12,13,14,15)/p+1. The monoisotopic (exact) mass is 218 g/mol. The second-order valence-electron chi connectivity index (χ2n) is 4.38. The molecule has 0 atom stereocenters. The van der Waals surface area contributed by atoms with Crippen molar-refractivity contribution in [2.45, 2.75) is 25.7 Å². The smallest absolute Gasteiger partial charge is 0.303 e. The van der Waals surface area contributed by atoms with E-state index in [4.69, 9.17) is 10.2 Å². The van der Waals surface area contributed by atoms with Crippen molar-refractivity contribution >= 4 is 11.9 Å². The van der Waals surface area contributed by atoms with E-state index in [0.29, 0.717) is 17.3 Å². The topological polar surface area (TPSA) is 74.6 Å². The summed E-state index contributed by atoms with van der Waals surface area (Å²) in [6.07, 6.45) is 1.63. The third kappa shape index (κ3) is 9.21. The minimum atomic E-state index is -0.777. The molecule has 5 nitrogen and oxygen atoms in total. The van der Waals surface area contributed by atoms with Crippen molar-refractivity contribution in [3.8, 4) is 0 Å². The van der Waals surface area contributed by atoms with Crippen LogP contribution >= 0.6 is 0 Å². The van der Waals surface area contributed by atoms with E-state index in [0.717, 1.165) is 13.1 Å². The Balaban J connectivity index is 3.66. The van der Waals surface area contributed by atoms with Crippen LogP contribution in [0.15, 0.2) is 0 Å². The Morgan fingerprint density at radius 2 is 1.27 bits per heavy atom. The largest absolute Gasteiger partial charge is 0.481 e. The van der Waals surface area contributed by atoms with Gasteiger partial charge >= 0.3 is 11.9 Å². The molecule has 0 heterocycles. The Morgan fingerprint density at radius 1 is 0.933 bits per heavy atom. The maximum atomic E-state index is 10.3. The second kappa shape index (κ2) is 6.40. The van der Waals surface area contributed by atoms with Crippen LogP contribution in [0.5, 0.6) is 0 Å². The summed E-state index contributed by atoms with van der Waals surface area (Å²) < 4.78 is 0.681. The maximum absolute atomic E-state index is 10.3. The number of aliphatic carboxylic acids is 2. The van der Waals surface area contributed by atoms with E-state index >= 15 is 0 Å². The highest BCUT2D eigenvalue weighted by Crippen LogP contribution is 2.05. The number of hydrogen-bond acceptors (Lipinski definition) is 2. The van der Waals surface area contributed by atoms with Gasteiger partial charge in [-0.05, 0) is 0 Å². The number of carboxylic acid groups (broad SMARTS) is 2. The zero-order chi connectivity index (χ0) is 11.9. The van der Waals surface area contributed by atoms with Gasteiger partial charge < -0.3 is 14.7 Å². The minimum absolute atomic E-state index is 0.181. The van der Waals surface area contributed by atoms with Crippen molar-refractivity contribution in [3.63, 3.8) is 0 Å². The molecule has 88 valence electrons. The average Bonchev–Trinajstić information content (AvgIpc) is 2.01. The summed E-state index contributed by atoms with van der Waals surface area (Å²) in [6.45, 7) is 1.54. The third-order valence-electron chi connectivity index (χ3n) is 2.31. The first-order valence-corrected chi connectivity index (χ1v) is 5.09. The van der Waals surface area contributed by atoms with Crippen LogP contribution in [0.1, 0.15) is 25.7 Å². The molecule has 0 saturated heterocycles. The Labute approximate surface area is 89.9 Å². The van der Waals surface area contributed by atoms with Crippen molar-refractivity contribution in [1.82, 2.24) is 0 Å². The van der Waals surface area contributed by atoms with E-state index in [1.165, 1.54) is 0 Å². The molecule has 0 bridgehead atoms. The van der Waals surface area contributed by atoms with E-state index in [-0.39, 0.29) is 12.8 Å². The van der Waals surface area contributed by atoms with Gasteiger partial charge in [0.2, 0.25) is 0 Å². The molecule has 2 N–H and O–H groups in total. The van der Waals surface area contributed by atoms with Crippen LogP contribution in [0.4, 0.5) is 0 Å². The number of carboxylic acids is 2. The van der Waals surface area contributed by atoms with E-state index in [9.17, 15) is 9.59 Å². The van der Waals surface area contributed by atoms with Crippen molar-refractivity contribution in [3.05, 3.63) is 0 Å². The molecule has 0 unspecified atom stereocenters. The summed E-state index contributed by atoms with van der Waals surface area (Å²) in [6, 6.07) is 0. The third-order valence-corrected chi connectivity index (χ3v) is 2.31. The lowest BCUT2D eigenvalue weighted by molar-refractivity contribution is -0.890. The molecule has 0 aliphatic carbocycles. The van der Waals surface area contributed by atoms with E-state index in [1.807, 2.05) is 14.1 Å². The van der Waals surface area contributed by atoms with Gasteiger partial charge in [0.05, 0.1) is 40.0 Å². The van der Waals surface area contributed by atoms with E-state index < -0.39 is 11.9 Å². The molecule has 0 aliphatic rings. The van der Waals surface area contributed by atoms with Crippen LogP contribution in [0.2, 0.25) is 0 Å². The van der Waals surface area contributed by atoms with Gasteiger partial charge in [0, 0.05) is 12.8 Å². The lowest BCUT2D eigenvalue weighted by Gasteiger charge is -2.29. The summed E-state index contributed by atoms with van der Waals surface area (Å²) in [7, 11) is 3.98. The van der Waals surface area contributed by atoms with Gasteiger partial charge in [0.15, 0.2) is 0 Å². The van der Waals surface area contributed by atoms with Gasteiger partial charge in [-0.15, -0.1) is 0 Å². The van der Waals surface area contributed by atoms with Crippen LogP contribution in [0.25, 0.3) is 0 Å². The fraction of sp³-hybridized carbons (Fsp3) is 0.800. The summed E-state index contributed by atoms with van der Waals surface area (Å²) in [5, 5.41) is 16.9. The molecule has 0 saturated carbocycles. The Kier molecular flexibility index (Phi) is 5.93. The normalized spacial score (nSPS) is 11.3. The van der Waals surface area contributed by atoms with Crippen molar-refractivity contribution in [2.24, 2.45) is 0 Å². The Hall–Kier alpha value is -1.10. The molecule has 0 amide bonds. The predicted octanol–water partition coefficient (Wildman–Crippen LogP) is 0.792. The molecular formula is C10H20NO4+. The summed E-state index contributed by atoms with van der Waals surface area (Å²) in [5.74, 6) is -1.55. The first-order valence-electron chi connectivity index (χ1n) is 5.09. The minimum Gasteiger partial charge on any atom is -0.481 e. The van der Waals surface area contributed by atoms with Gasteiger partial charge in [-0.25, -0.2) is 0 Å². The first kappa shape index (κ1) is 13.9. The van der Waals surface area contributed by atoms with Crippen LogP contribution in [0.3, 0.4) is 0 Å². The lowest BCUT2D eigenvalue weighted by atomic mass is 10.2. The van der Waals surface area contributed by atoms with Crippen molar-refractivity contribution in [2.75, 3.05) is 27.2 Å². The van der Waals surface area contributed by atoms with Crippen LogP contribution in [-0.4, -0.2) is 53.8 Å². The van der Waals surface area contributed by atoms with Gasteiger partial charge in [0.1, 0.15) is 0 Å². The molecule has 0 radical (unpaired) electrons. The SMILES string of the molecule is C[N+](C)(CCCC(=O)O)CCCC(=O)O. The zero-order valence-corrected chi connectivity index (χ0v) is 9.40. The fourth-order valence-electron chi connectivity index (χ4n) is 1.43. The van der Waals surface area contributed by atoms with Crippen LogP contribution in [-0.2, 0) is 9.59 Å². The van der Waals surface area contributed by atoms with E-state index in [1.54, 1.807) is 0 Å². The maximum Gasteiger partial charge on any atom is 0.303 e. The Morgan fingerprint density at radius 3 is 1.53 bits per heavy atom. The number of carbonyl (C=O) groups is 2. The van der Waals surface area contributed by atoms with Gasteiger partial charge in [-0.3, -0.25) is 9.59 Å². The van der Waals surface area contributed by atoms with Crippen LogP contribution < -0.4 is 0 Å². The first-order chi connectivity index (χ1) is 6.83. The quantitative estimate of drug-likeness (QED) is 0.591. The Bertz CT molecular complexity index is 203. The van der Waals surface area contributed by atoms with Gasteiger partial charge in [-0.2, -0.15) is 0 Å². The van der Waals surface area contributed by atoms with Gasteiger partial charge in [-0.1, -0.05) is 0 Å². The highest BCUT2D eigenvalue weighted by molar-refractivity contribution is 5.66. The number of rotatable bonds is 8. The lowest BCUT2D eigenvalue weighted by Crippen LogP contribution is -2.41. The molecule has 0 aromatic rings. The number of quaternary nitrogens is 1. The van der Waals surface area contributed by atoms with E-state index in [2.05, 4.69) is 0 Å². The molecule has 0 spiro atoms. The summed E-state index contributed by atoms with van der Waals surface area (Å²) in [5.41, 5.74) is 0. The van der Waals surface area contributed by atoms with Crippen molar-refractivity contribution in [1.29, 1.82) is 0 Å². The zero-order valence-electron chi connectivity index (χ0n) is 9.40. The van der Waals surface area contributed by atoms with Crippen molar-refractivity contribution < 1.29 is 24.3 Å². The number of nitrogens with zero attached hydrogens (tertiary/aromatic N) is 1. The molecule has 0 rings (SSSR count).